The highest BCUT2D eigenvalue weighted by Crippen LogP contribution is 2.29. The smallest absolute Gasteiger partial charge is 0.321 e. The Kier molecular flexibility index (Phi) is 6.37. The summed E-state index contributed by atoms with van der Waals surface area (Å²) in [6.45, 7) is 4.94. The van der Waals surface area contributed by atoms with Crippen molar-refractivity contribution < 1.29 is 13.9 Å². The molecule has 1 aliphatic carbocycles. The Morgan fingerprint density at radius 3 is 3.00 bits per heavy atom. The van der Waals surface area contributed by atoms with Gasteiger partial charge in [-0.1, -0.05) is 17.3 Å². The molecule has 6 nitrogen and oxygen atoms in total. The van der Waals surface area contributed by atoms with Gasteiger partial charge in [0.25, 0.3) is 0 Å². The highest BCUT2D eigenvalue weighted by Gasteiger charge is 2.22. The molecule has 0 aromatic carbocycles. The summed E-state index contributed by atoms with van der Waals surface area (Å²) >= 11 is 1.27. The lowest BCUT2D eigenvalue weighted by molar-refractivity contribution is 0.0601. The predicted molar refractivity (Wildman–Crippen MR) is 102 cm³/mol. The largest absolute Gasteiger partial charge is 0.376 e. The maximum atomic E-state index is 13.1. The van der Waals surface area contributed by atoms with Gasteiger partial charge < -0.3 is 10.1 Å². The minimum atomic E-state index is -0.433. The Hall–Kier alpha value is -2.50. The molecule has 0 unspecified atom stereocenters. The van der Waals surface area contributed by atoms with E-state index in [1.165, 1.54) is 36.4 Å². The van der Waals surface area contributed by atoms with Crippen molar-refractivity contribution in [3.63, 3.8) is 0 Å². The lowest BCUT2D eigenvalue weighted by Gasteiger charge is -2.13. The molecule has 2 heterocycles. The van der Waals surface area contributed by atoms with Gasteiger partial charge in [0.2, 0.25) is 0 Å². The number of aryl methyl sites for hydroxylation is 1. The van der Waals surface area contributed by atoms with Gasteiger partial charge in [0.05, 0.1) is 18.0 Å². The molecule has 0 bridgehead atoms. The van der Waals surface area contributed by atoms with Crippen LogP contribution in [0.15, 0.2) is 18.5 Å². The number of thiazole rings is 1. The third kappa shape index (κ3) is 6.31. The molecule has 142 valence electrons. The highest BCUT2D eigenvalue weighted by molar-refractivity contribution is 7.16. The second-order valence-electron chi connectivity index (χ2n) is 6.50. The first kappa shape index (κ1) is 19.3. The third-order valence-corrected chi connectivity index (χ3v) is 4.89. The Balaban J connectivity index is 1.50. The summed E-state index contributed by atoms with van der Waals surface area (Å²) in [5.41, 5.74) is 1.18. The number of anilines is 1. The maximum Gasteiger partial charge on any atom is 0.321 e. The molecule has 3 rings (SSSR count). The number of carbonyl (C=O) groups excluding carboxylic acids is 1. The number of amides is 2. The number of pyridine rings is 1. The van der Waals surface area contributed by atoms with Crippen LogP contribution in [0.4, 0.5) is 14.3 Å². The first-order valence-corrected chi connectivity index (χ1v) is 9.57. The maximum absolute atomic E-state index is 13.1. The number of halogens is 1. The molecule has 1 saturated carbocycles. The SMILES string of the molecule is Cc1nc(NC(=O)NC[C@H](C)OCC2CC2)sc1C#Cc1cncc(F)c1. The molecule has 8 heteroatoms. The van der Waals surface area contributed by atoms with Gasteiger partial charge in [0, 0.05) is 24.9 Å². The molecule has 2 amide bonds. The quantitative estimate of drug-likeness (QED) is 0.745. The summed E-state index contributed by atoms with van der Waals surface area (Å²) in [6, 6.07) is 0.981. The highest BCUT2D eigenvalue weighted by atomic mass is 32.1. The number of hydrogen-bond donors (Lipinski definition) is 2. The van der Waals surface area contributed by atoms with Crippen molar-refractivity contribution in [3.8, 4) is 11.8 Å². The van der Waals surface area contributed by atoms with Crippen molar-refractivity contribution in [2.24, 2.45) is 5.92 Å². The second kappa shape index (κ2) is 8.93. The molecular weight excluding hydrogens is 367 g/mol. The summed E-state index contributed by atoms with van der Waals surface area (Å²) in [7, 11) is 0. The van der Waals surface area contributed by atoms with Crippen LogP contribution in [-0.2, 0) is 4.74 Å². The average Bonchev–Trinajstić information content (AvgIpc) is 3.40. The number of nitrogens with one attached hydrogen (secondary N) is 2. The van der Waals surface area contributed by atoms with E-state index in [1.54, 1.807) is 6.92 Å². The van der Waals surface area contributed by atoms with E-state index in [-0.39, 0.29) is 12.1 Å². The normalized spacial score (nSPS) is 14.2. The number of carbonyl (C=O) groups is 1. The van der Waals surface area contributed by atoms with Crippen LogP contribution < -0.4 is 10.6 Å². The van der Waals surface area contributed by atoms with E-state index in [2.05, 4.69) is 32.4 Å². The van der Waals surface area contributed by atoms with Crippen molar-refractivity contribution in [1.29, 1.82) is 0 Å². The van der Waals surface area contributed by atoms with Crippen LogP contribution in [0.3, 0.4) is 0 Å². The van der Waals surface area contributed by atoms with Gasteiger partial charge in [0.1, 0.15) is 10.7 Å². The van der Waals surface area contributed by atoms with E-state index in [0.29, 0.717) is 33.7 Å². The lowest BCUT2D eigenvalue weighted by atomic mass is 10.3. The van der Waals surface area contributed by atoms with E-state index in [0.717, 1.165) is 12.8 Å². The van der Waals surface area contributed by atoms with E-state index in [4.69, 9.17) is 4.74 Å². The van der Waals surface area contributed by atoms with Gasteiger partial charge >= 0.3 is 6.03 Å². The predicted octanol–water partition coefficient (Wildman–Crippen LogP) is 3.32. The zero-order valence-electron chi connectivity index (χ0n) is 15.2. The Bertz CT molecular complexity index is 870. The van der Waals surface area contributed by atoms with Gasteiger partial charge in [-0.15, -0.1) is 0 Å². The average molecular weight is 388 g/mol. The number of ether oxygens (including phenoxy) is 1. The van der Waals surface area contributed by atoms with Crippen LogP contribution in [0.5, 0.6) is 0 Å². The third-order valence-electron chi connectivity index (χ3n) is 3.91. The first-order chi connectivity index (χ1) is 13.0. The van der Waals surface area contributed by atoms with Gasteiger partial charge in [-0.25, -0.2) is 14.2 Å². The monoisotopic (exact) mass is 388 g/mol. The standard InChI is InChI=1S/C19H21FN4O2S/c1-12(26-11-14-3-4-14)8-22-18(25)24-19-23-13(2)17(27-19)6-5-15-7-16(20)10-21-9-15/h7,9-10,12,14H,3-4,8,11H2,1-2H3,(H2,22,23,24,25)/t12-/m0/s1. The Morgan fingerprint density at radius 2 is 2.26 bits per heavy atom. The molecule has 2 aromatic heterocycles. The van der Waals surface area contributed by atoms with Crippen molar-refractivity contribution in [3.05, 3.63) is 40.4 Å². The lowest BCUT2D eigenvalue weighted by Crippen LogP contribution is -2.35. The number of nitrogens with zero attached hydrogens (tertiary/aromatic N) is 2. The molecule has 0 spiro atoms. The van der Waals surface area contributed by atoms with E-state index < -0.39 is 5.82 Å². The van der Waals surface area contributed by atoms with Gasteiger partial charge in [-0.05, 0) is 44.6 Å². The fourth-order valence-electron chi connectivity index (χ4n) is 2.20. The summed E-state index contributed by atoms with van der Waals surface area (Å²) in [4.78, 5) is 20.8. The minimum Gasteiger partial charge on any atom is -0.376 e. The molecule has 1 fully saturated rings. The van der Waals surface area contributed by atoms with Crippen LogP contribution in [0, 0.1) is 30.5 Å². The Labute approximate surface area is 161 Å². The van der Waals surface area contributed by atoms with E-state index >= 15 is 0 Å². The number of aromatic nitrogens is 2. The van der Waals surface area contributed by atoms with Crippen LogP contribution in [0.1, 0.15) is 35.9 Å². The first-order valence-electron chi connectivity index (χ1n) is 8.76. The molecule has 2 aromatic rings. The van der Waals surface area contributed by atoms with Gasteiger partial charge in [-0.3, -0.25) is 10.3 Å². The molecule has 0 radical (unpaired) electrons. The molecule has 1 atom stereocenters. The minimum absolute atomic E-state index is 0.0318. The fourth-order valence-corrected chi connectivity index (χ4v) is 3.01. The topological polar surface area (TPSA) is 76.1 Å². The number of hydrogen-bond acceptors (Lipinski definition) is 5. The van der Waals surface area contributed by atoms with Crippen molar-refractivity contribution in [1.82, 2.24) is 15.3 Å². The number of rotatable bonds is 6. The van der Waals surface area contributed by atoms with E-state index in [1.807, 2.05) is 6.92 Å². The summed E-state index contributed by atoms with van der Waals surface area (Å²) in [5.74, 6) is 6.06. The molecule has 2 N–H and O–H groups in total. The molecule has 1 aliphatic rings. The van der Waals surface area contributed by atoms with Gasteiger partial charge in [0.15, 0.2) is 5.13 Å². The van der Waals surface area contributed by atoms with Crippen molar-refractivity contribution in [2.75, 3.05) is 18.5 Å². The number of urea groups is 1. The second-order valence-corrected chi connectivity index (χ2v) is 7.50. The zero-order valence-corrected chi connectivity index (χ0v) is 16.0. The molecule has 0 aliphatic heterocycles. The van der Waals surface area contributed by atoms with Crippen LogP contribution in [0.2, 0.25) is 0 Å². The van der Waals surface area contributed by atoms with Gasteiger partial charge in [-0.2, -0.15) is 0 Å². The summed E-state index contributed by atoms with van der Waals surface area (Å²) in [5, 5.41) is 5.93. The fraction of sp³-hybridized carbons (Fsp3) is 0.421. The van der Waals surface area contributed by atoms with Crippen molar-refractivity contribution >= 4 is 22.5 Å². The summed E-state index contributed by atoms with van der Waals surface area (Å²) < 4.78 is 18.8. The van der Waals surface area contributed by atoms with Crippen LogP contribution >= 0.6 is 11.3 Å². The van der Waals surface area contributed by atoms with Crippen LogP contribution in [0.25, 0.3) is 0 Å². The molecular formula is C19H21FN4O2S. The Morgan fingerprint density at radius 1 is 1.44 bits per heavy atom. The van der Waals surface area contributed by atoms with Crippen LogP contribution in [-0.4, -0.2) is 35.3 Å². The van der Waals surface area contributed by atoms with E-state index in [9.17, 15) is 9.18 Å². The zero-order chi connectivity index (χ0) is 19.2. The summed E-state index contributed by atoms with van der Waals surface area (Å²) in [6.07, 6.45) is 5.07. The molecule has 0 saturated heterocycles. The van der Waals surface area contributed by atoms with Crippen molar-refractivity contribution in [2.45, 2.75) is 32.8 Å². The molecule has 27 heavy (non-hydrogen) atoms.